The quantitative estimate of drug-likeness (QED) is 0.782. The van der Waals surface area contributed by atoms with Crippen molar-refractivity contribution in [3.8, 4) is 0 Å². The van der Waals surface area contributed by atoms with E-state index in [4.69, 9.17) is 5.11 Å². The SMILES string of the molecule is CN(C(=O)CC1(CC(=O)O)CCCCC1)C(C)(C)CO. The number of aliphatic hydroxyl groups is 1. The number of nitrogens with zero attached hydrogens (tertiary/aromatic N) is 1. The minimum Gasteiger partial charge on any atom is -0.481 e. The number of carbonyl (C=O) groups is 2. The van der Waals surface area contributed by atoms with Crippen LogP contribution >= 0.6 is 0 Å². The monoisotopic (exact) mass is 285 g/mol. The second-order valence-electron chi connectivity index (χ2n) is 6.73. The van der Waals surface area contributed by atoms with Crippen molar-refractivity contribution in [1.82, 2.24) is 4.90 Å². The summed E-state index contributed by atoms with van der Waals surface area (Å²) in [6, 6.07) is 0. The van der Waals surface area contributed by atoms with Gasteiger partial charge in [0, 0.05) is 13.5 Å². The van der Waals surface area contributed by atoms with Gasteiger partial charge in [-0.2, -0.15) is 0 Å². The average molecular weight is 285 g/mol. The van der Waals surface area contributed by atoms with E-state index in [1.807, 2.05) is 0 Å². The standard InChI is InChI=1S/C15H27NO4/c1-14(2,11-17)16(3)12(18)9-15(10-13(19)20)7-5-4-6-8-15/h17H,4-11H2,1-3H3,(H,19,20). The van der Waals surface area contributed by atoms with Gasteiger partial charge < -0.3 is 15.1 Å². The van der Waals surface area contributed by atoms with Crippen molar-refractivity contribution >= 4 is 11.9 Å². The van der Waals surface area contributed by atoms with Gasteiger partial charge in [0.25, 0.3) is 0 Å². The van der Waals surface area contributed by atoms with E-state index in [0.29, 0.717) is 0 Å². The Morgan fingerprint density at radius 1 is 1.15 bits per heavy atom. The van der Waals surface area contributed by atoms with Crippen molar-refractivity contribution in [1.29, 1.82) is 0 Å². The number of amides is 1. The number of hydrogen-bond donors (Lipinski definition) is 2. The zero-order chi connectivity index (χ0) is 15.4. The molecule has 1 aliphatic carbocycles. The Morgan fingerprint density at radius 3 is 2.15 bits per heavy atom. The predicted octanol–water partition coefficient (Wildman–Crippen LogP) is 2.03. The minimum atomic E-state index is -0.830. The molecule has 0 aromatic heterocycles. The molecule has 1 amide bonds. The summed E-state index contributed by atoms with van der Waals surface area (Å²) in [5.41, 5.74) is -1.02. The molecule has 20 heavy (non-hydrogen) atoms. The van der Waals surface area contributed by atoms with Gasteiger partial charge in [-0.3, -0.25) is 9.59 Å². The van der Waals surface area contributed by atoms with Crippen molar-refractivity contribution in [2.24, 2.45) is 5.41 Å². The van der Waals surface area contributed by atoms with E-state index < -0.39 is 16.9 Å². The van der Waals surface area contributed by atoms with Crippen LogP contribution in [-0.4, -0.2) is 46.2 Å². The molecule has 5 heteroatoms. The average Bonchev–Trinajstić information content (AvgIpc) is 2.37. The van der Waals surface area contributed by atoms with Gasteiger partial charge in [-0.25, -0.2) is 0 Å². The minimum absolute atomic E-state index is 0.0616. The molecular formula is C15H27NO4. The highest BCUT2D eigenvalue weighted by molar-refractivity contribution is 5.78. The molecule has 1 aliphatic rings. The Hall–Kier alpha value is -1.10. The first-order valence-electron chi connectivity index (χ1n) is 7.32. The molecule has 0 spiro atoms. The maximum absolute atomic E-state index is 12.4. The van der Waals surface area contributed by atoms with Crippen LogP contribution in [0.5, 0.6) is 0 Å². The molecule has 0 saturated heterocycles. The third-order valence-electron chi connectivity index (χ3n) is 4.64. The van der Waals surface area contributed by atoms with Gasteiger partial charge in [0.1, 0.15) is 0 Å². The lowest BCUT2D eigenvalue weighted by Gasteiger charge is -2.40. The topological polar surface area (TPSA) is 77.8 Å². The van der Waals surface area contributed by atoms with Gasteiger partial charge >= 0.3 is 5.97 Å². The lowest BCUT2D eigenvalue weighted by atomic mass is 9.69. The van der Waals surface area contributed by atoms with Crippen molar-refractivity contribution < 1.29 is 19.8 Å². The molecule has 0 aromatic rings. The van der Waals surface area contributed by atoms with E-state index in [1.54, 1.807) is 25.8 Å². The fraction of sp³-hybridized carbons (Fsp3) is 0.867. The lowest BCUT2D eigenvalue weighted by Crippen LogP contribution is -2.49. The van der Waals surface area contributed by atoms with Gasteiger partial charge in [0.05, 0.1) is 18.6 Å². The predicted molar refractivity (Wildman–Crippen MR) is 76.3 cm³/mol. The first-order chi connectivity index (χ1) is 9.22. The van der Waals surface area contributed by atoms with Gasteiger partial charge in [-0.05, 0) is 32.1 Å². The molecule has 1 fully saturated rings. The molecular weight excluding hydrogens is 258 g/mol. The van der Waals surface area contributed by atoms with Gasteiger partial charge in [-0.15, -0.1) is 0 Å². The summed E-state index contributed by atoms with van der Waals surface area (Å²) < 4.78 is 0. The zero-order valence-corrected chi connectivity index (χ0v) is 12.8. The summed E-state index contributed by atoms with van der Waals surface area (Å²) in [4.78, 5) is 25.1. The smallest absolute Gasteiger partial charge is 0.303 e. The molecule has 2 N–H and O–H groups in total. The number of aliphatic hydroxyl groups excluding tert-OH is 1. The largest absolute Gasteiger partial charge is 0.481 e. The second-order valence-corrected chi connectivity index (χ2v) is 6.73. The van der Waals surface area contributed by atoms with E-state index in [0.717, 1.165) is 32.1 Å². The molecule has 0 radical (unpaired) electrons. The van der Waals surface area contributed by atoms with Gasteiger partial charge in [-0.1, -0.05) is 19.3 Å². The summed E-state index contributed by atoms with van der Waals surface area (Å²) in [6.45, 7) is 3.49. The van der Waals surface area contributed by atoms with E-state index in [9.17, 15) is 14.7 Å². The zero-order valence-electron chi connectivity index (χ0n) is 12.8. The van der Waals surface area contributed by atoms with Crippen LogP contribution in [0, 0.1) is 5.41 Å². The van der Waals surface area contributed by atoms with Crippen LogP contribution in [0.3, 0.4) is 0 Å². The fourth-order valence-electron chi connectivity index (χ4n) is 2.92. The molecule has 5 nitrogen and oxygen atoms in total. The Bertz CT molecular complexity index is 359. The summed E-state index contributed by atoms with van der Waals surface area (Å²) in [5.74, 6) is -0.907. The van der Waals surface area contributed by atoms with Crippen LogP contribution in [0.15, 0.2) is 0 Å². The lowest BCUT2D eigenvalue weighted by molar-refractivity contribution is -0.144. The molecule has 0 unspecified atom stereocenters. The summed E-state index contributed by atoms with van der Waals surface area (Å²) >= 11 is 0. The maximum Gasteiger partial charge on any atom is 0.303 e. The van der Waals surface area contributed by atoms with Crippen LogP contribution in [0.1, 0.15) is 58.8 Å². The van der Waals surface area contributed by atoms with E-state index >= 15 is 0 Å². The molecule has 1 saturated carbocycles. The van der Waals surface area contributed by atoms with Crippen molar-refractivity contribution in [3.05, 3.63) is 0 Å². The highest BCUT2D eigenvalue weighted by Crippen LogP contribution is 2.43. The second kappa shape index (κ2) is 6.57. The highest BCUT2D eigenvalue weighted by Gasteiger charge is 2.39. The first kappa shape index (κ1) is 17.0. The van der Waals surface area contributed by atoms with E-state index in [2.05, 4.69) is 0 Å². The van der Waals surface area contributed by atoms with Gasteiger partial charge in [0.2, 0.25) is 5.91 Å². The van der Waals surface area contributed by atoms with Crippen LogP contribution in [0.2, 0.25) is 0 Å². The molecule has 0 bridgehead atoms. The number of rotatable bonds is 6. The third kappa shape index (κ3) is 4.20. The molecule has 0 aliphatic heterocycles. The van der Waals surface area contributed by atoms with Gasteiger partial charge in [0.15, 0.2) is 0 Å². The number of carboxylic acid groups (broad SMARTS) is 1. The molecule has 116 valence electrons. The van der Waals surface area contributed by atoms with Crippen LogP contribution in [0.25, 0.3) is 0 Å². The van der Waals surface area contributed by atoms with Crippen LogP contribution < -0.4 is 0 Å². The van der Waals surface area contributed by atoms with Crippen molar-refractivity contribution in [3.63, 3.8) is 0 Å². The molecule has 1 rings (SSSR count). The summed E-state index contributed by atoms with van der Waals surface area (Å²) in [6.07, 6.45) is 5.04. The number of carbonyl (C=O) groups excluding carboxylic acids is 1. The van der Waals surface area contributed by atoms with Crippen molar-refractivity contribution in [2.75, 3.05) is 13.7 Å². The molecule has 0 atom stereocenters. The normalized spacial score (nSPS) is 18.6. The van der Waals surface area contributed by atoms with Crippen LogP contribution in [0.4, 0.5) is 0 Å². The molecule has 0 heterocycles. The maximum atomic E-state index is 12.4. The highest BCUT2D eigenvalue weighted by atomic mass is 16.4. The number of aliphatic carboxylic acids is 1. The number of hydrogen-bond acceptors (Lipinski definition) is 3. The number of carboxylic acids is 1. The first-order valence-corrected chi connectivity index (χ1v) is 7.32. The van der Waals surface area contributed by atoms with Crippen molar-refractivity contribution in [2.45, 2.75) is 64.3 Å². The molecule has 0 aromatic carbocycles. The van der Waals surface area contributed by atoms with E-state index in [1.165, 1.54) is 0 Å². The fourth-order valence-corrected chi connectivity index (χ4v) is 2.92. The Labute approximate surface area is 121 Å². The third-order valence-corrected chi connectivity index (χ3v) is 4.64. The van der Waals surface area contributed by atoms with E-state index in [-0.39, 0.29) is 25.4 Å². The number of likely N-dealkylation sites (N-methyl/N-ethyl adjacent to an activating group) is 1. The Morgan fingerprint density at radius 2 is 1.70 bits per heavy atom. The summed E-state index contributed by atoms with van der Waals surface area (Å²) in [7, 11) is 1.68. The Balaban J connectivity index is 2.79. The summed E-state index contributed by atoms with van der Waals surface area (Å²) in [5, 5.41) is 18.5. The van der Waals surface area contributed by atoms with Crippen LogP contribution in [-0.2, 0) is 9.59 Å². The Kier molecular flexibility index (Phi) is 5.57.